The second kappa shape index (κ2) is 5.57. The van der Waals surface area contributed by atoms with Gasteiger partial charge in [0.2, 0.25) is 0 Å². The number of rotatable bonds is 3. The molecular weight excluding hydrogens is 281 g/mol. The molecule has 1 unspecified atom stereocenters. The Labute approximate surface area is 115 Å². The molecule has 1 heterocycles. The minimum Gasteiger partial charge on any atom is -0.459 e. The lowest BCUT2D eigenvalue weighted by Gasteiger charge is -2.22. The Morgan fingerprint density at radius 1 is 1.53 bits per heavy atom. The normalized spacial score (nSPS) is 13.5. The van der Waals surface area contributed by atoms with Gasteiger partial charge in [-0.3, -0.25) is 4.79 Å². The molecule has 96 valence electrons. The summed E-state index contributed by atoms with van der Waals surface area (Å²) in [7, 11) is 0. The fourth-order valence-electron chi connectivity index (χ4n) is 1.21. The average molecular weight is 296 g/mol. The van der Waals surface area contributed by atoms with Crippen LogP contribution in [0.3, 0.4) is 0 Å². The van der Waals surface area contributed by atoms with Crippen LogP contribution in [0.1, 0.15) is 26.3 Å². The summed E-state index contributed by atoms with van der Waals surface area (Å²) in [6, 6.07) is 0.996. The Kier molecular flexibility index (Phi) is 4.84. The van der Waals surface area contributed by atoms with Crippen LogP contribution >= 0.6 is 34.5 Å². The molecule has 0 aliphatic heterocycles. The molecule has 1 aromatic rings. The van der Waals surface area contributed by atoms with E-state index in [1.165, 1.54) is 11.3 Å². The summed E-state index contributed by atoms with van der Waals surface area (Å²) >= 11 is 13.0. The third kappa shape index (κ3) is 4.84. The molecule has 0 aliphatic rings. The van der Waals surface area contributed by atoms with Gasteiger partial charge in [-0.25, -0.2) is 0 Å². The average Bonchev–Trinajstić information content (AvgIpc) is 2.42. The predicted octanol–water partition coefficient (Wildman–Crippen LogP) is 3.27. The van der Waals surface area contributed by atoms with Gasteiger partial charge in [0, 0.05) is 6.42 Å². The van der Waals surface area contributed by atoms with Gasteiger partial charge >= 0.3 is 5.97 Å². The van der Waals surface area contributed by atoms with E-state index in [4.69, 9.17) is 33.7 Å². The van der Waals surface area contributed by atoms with Gasteiger partial charge in [-0.1, -0.05) is 23.2 Å². The number of hydrogen-bond acceptors (Lipinski definition) is 4. The van der Waals surface area contributed by atoms with E-state index >= 15 is 0 Å². The molecule has 0 radical (unpaired) electrons. The van der Waals surface area contributed by atoms with Crippen molar-refractivity contribution in [3.63, 3.8) is 0 Å². The van der Waals surface area contributed by atoms with E-state index in [9.17, 15) is 4.79 Å². The van der Waals surface area contributed by atoms with E-state index in [-0.39, 0.29) is 0 Å². The summed E-state index contributed by atoms with van der Waals surface area (Å²) < 4.78 is 6.33. The fourth-order valence-corrected chi connectivity index (χ4v) is 2.72. The molecule has 1 rings (SSSR count). The molecule has 0 aliphatic carbocycles. The summed E-state index contributed by atoms with van der Waals surface area (Å²) in [5.41, 5.74) is 6.00. The maximum absolute atomic E-state index is 11.7. The van der Waals surface area contributed by atoms with Crippen LogP contribution in [0.15, 0.2) is 6.07 Å². The van der Waals surface area contributed by atoms with E-state index in [0.717, 1.165) is 5.56 Å². The van der Waals surface area contributed by atoms with Crippen molar-refractivity contribution in [1.29, 1.82) is 0 Å². The van der Waals surface area contributed by atoms with E-state index in [2.05, 4.69) is 0 Å². The number of ether oxygens (including phenoxy) is 1. The zero-order chi connectivity index (χ0) is 13.2. The van der Waals surface area contributed by atoms with Gasteiger partial charge in [0.15, 0.2) is 0 Å². The van der Waals surface area contributed by atoms with Crippen molar-refractivity contribution in [1.82, 2.24) is 0 Å². The molecule has 0 saturated carbocycles. The first-order chi connectivity index (χ1) is 7.69. The molecule has 1 aromatic heterocycles. The molecule has 3 nitrogen and oxygen atoms in total. The minimum atomic E-state index is -0.725. The molecule has 0 spiro atoms. The lowest BCUT2D eigenvalue weighted by Crippen LogP contribution is -2.38. The first-order valence-electron chi connectivity index (χ1n) is 5.11. The largest absolute Gasteiger partial charge is 0.459 e. The monoisotopic (exact) mass is 295 g/mol. The highest BCUT2D eigenvalue weighted by atomic mass is 35.5. The number of thiophene rings is 1. The molecule has 0 amide bonds. The van der Waals surface area contributed by atoms with Crippen LogP contribution in [0.25, 0.3) is 0 Å². The van der Waals surface area contributed by atoms with Gasteiger partial charge in [0.25, 0.3) is 0 Å². The van der Waals surface area contributed by atoms with Crippen LogP contribution < -0.4 is 5.73 Å². The third-order valence-electron chi connectivity index (χ3n) is 1.88. The molecule has 0 bridgehead atoms. The van der Waals surface area contributed by atoms with Crippen LogP contribution in [0.5, 0.6) is 0 Å². The van der Waals surface area contributed by atoms with Gasteiger partial charge in [0.1, 0.15) is 11.6 Å². The first kappa shape index (κ1) is 14.8. The molecule has 6 heteroatoms. The Balaban J connectivity index is 2.63. The van der Waals surface area contributed by atoms with E-state index < -0.39 is 17.6 Å². The van der Waals surface area contributed by atoms with E-state index in [1.807, 2.05) is 0 Å². The minimum absolute atomic E-state index is 0.330. The summed E-state index contributed by atoms with van der Waals surface area (Å²) in [6.45, 7) is 5.39. The number of carbonyl (C=O) groups excluding carboxylic acids is 1. The van der Waals surface area contributed by atoms with Crippen LogP contribution in [-0.2, 0) is 16.0 Å². The fraction of sp³-hybridized carbons (Fsp3) is 0.545. The number of esters is 1. The molecule has 17 heavy (non-hydrogen) atoms. The number of nitrogens with two attached hydrogens (primary N) is 1. The van der Waals surface area contributed by atoms with Gasteiger partial charge in [-0.15, -0.1) is 11.3 Å². The summed E-state index contributed by atoms with van der Waals surface area (Å²) in [5, 5.41) is 0. The van der Waals surface area contributed by atoms with Crippen molar-refractivity contribution in [2.45, 2.75) is 38.8 Å². The van der Waals surface area contributed by atoms with E-state index in [1.54, 1.807) is 26.8 Å². The zero-order valence-corrected chi connectivity index (χ0v) is 12.2. The second-order valence-electron chi connectivity index (χ2n) is 4.69. The van der Waals surface area contributed by atoms with Crippen molar-refractivity contribution in [3.05, 3.63) is 20.3 Å². The Hall–Kier alpha value is -0.290. The van der Waals surface area contributed by atoms with Crippen molar-refractivity contribution in [2.75, 3.05) is 0 Å². The molecule has 0 aromatic carbocycles. The van der Waals surface area contributed by atoms with E-state index in [0.29, 0.717) is 15.1 Å². The van der Waals surface area contributed by atoms with Gasteiger partial charge in [0.05, 0.1) is 8.67 Å². The smallest absolute Gasteiger partial charge is 0.323 e. The number of carbonyl (C=O) groups is 1. The topological polar surface area (TPSA) is 52.3 Å². The molecular formula is C11H15Cl2NO2S. The second-order valence-corrected chi connectivity index (χ2v) is 6.98. The van der Waals surface area contributed by atoms with Gasteiger partial charge in [-0.05, 0) is 32.4 Å². The van der Waals surface area contributed by atoms with Gasteiger partial charge in [-0.2, -0.15) is 0 Å². The summed E-state index contributed by atoms with van der Waals surface area (Å²) in [4.78, 5) is 11.7. The maximum atomic E-state index is 11.7. The van der Waals surface area contributed by atoms with Crippen LogP contribution in [0.4, 0.5) is 0 Å². The third-order valence-corrected chi connectivity index (χ3v) is 3.45. The summed E-state index contributed by atoms with van der Waals surface area (Å²) in [6.07, 6.45) is 0.330. The SMILES string of the molecule is CC(C)(C)OC(=O)C(N)Cc1cc(Cl)sc1Cl. The zero-order valence-electron chi connectivity index (χ0n) is 9.92. The van der Waals surface area contributed by atoms with Crippen LogP contribution in [0, 0.1) is 0 Å². The van der Waals surface area contributed by atoms with Crippen LogP contribution in [-0.4, -0.2) is 17.6 Å². The highest BCUT2D eigenvalue weighted by Gasteiger charge is 2.23. The van der Waals surface area contributed by atoms with Crippen LogP contribution in [0.2, 0.25) is 8.67 Å². The van der Waals surface area contributed by atoms with Crippen molar-refractivity contribution in [3.8, 4) is 0 Å². The summed E-state index contributed by atoms with van der Waals surface area (Å²) in [5.74, 6) is -0.434. The Morgan fingerprint density at radius 2 is 2.12 bits per heavy atom. The molecule has 0 saturated heterocycles. The standard InChI is InChI=1S/C11H15Cl2NO2S/c1-11(2,3)16-10(15)7(14)4-6-5-8(12)17-9(6)13/h5,7H,4,14H2,1-3H3. The highest BCUT2D eigenvalue weighted by Crippen LogP contribution is 2.31. The lowest BCUT2D eigenvalue weighted by molar-refractivity contribution is -0.156. The van der Waals surface area contributed by atoms with Crippen molar-refractivity contribution in [2.24, 2.45) is 5.73 Å². The molecule has 1 atom stereocenters. The predicted molar refractivity (Wildman–Crippen MR) is 71.9 cm³/mol. The molecule has 2 N–H and O–H groups in total. The maximum Gasteiger partial charge on any atom is 0.323 e. The molecule has 0 fully saturated rings. The van der Waals surface area contributed by atoms with Crippen molar-refractivity contribution >= 4 is 40.5 Å². The van der Waals surface area contributed by atoms with Crippen molar-refractivity contribution < 1.29 is 9.53 Å². The first-order valence-corrected chi connectivity index (χ1v) is 6.68. The quantitative estimate of drug-likeness (QED) is 0.871. The number of hydrogen-bond donors (Lipinski definition) is 1. The Bertz CT molecular complexity index is 412. The number of halogens is 2. The highest BCUT2D eigenvalue weighted by molar-refractivity contribution is 7.20. The lowest BCUT2D eigenvalue weighted by atomic mass is 10.1. The van der Waals surface area contributed by atoms with Gasteiger partial charge < -0.3 is 10.5 Å². The Morgan fingerprint density at radius 3 is 2.53 bits per heavy atom.